The molecular weight excluding hydrogens is 164 g/mol. The maximum Gasteiger partial charge on any atom is 0.330 e. The Labute approximate surface area is 67.6 Å². The van der Waals surface area contributed by atoms with E-state index in [-0.39, 0.29) is 24.7 Å². The molecule has 0 aliphatic heterocycles. The molecule has 66 valence electrons. The van der Waals surface area contributed by atoms with Crippen molar-refractivity contribution in [2.24, 2.45) is 0 Å². The third-order valence-electron chi connectivity index (χ3n) is 1.37. The van der Waals surface area contributed by atoms with Crippen molar-refractivity contribution in [1.29, 1.82) is 0 Å². The van der Waals surface area contributed by atoms with Gasteiger partial charge in [0, 0.05) is 0 Å². The summed E-state index contributed by atoms with van der Waals surface area (Å²) < 4.78 is 1.18. The zero-order valence-corrected chi connectivity index (χ0v) is 6.17. The minimum absolute atomic E-state index is 0.0333. The van der Waals surface area contributed by atoms with Gasteiger partial charge >= 0.3 is 5.69 Å². The Morgan fingerprint density at radius 3 is 2.92 bits per heavy atom. The molecule has 0 fully saturated rings. The van der Waals surface area contributed by atoms with Gasteiger partial charge in [-0.3, -0.25) is 10.1 Å². The molecule has 1 heterocycles. The number of aromatic nitrogens is 2. The number of nitrogens with two attached hydrogens (primary N) is 1. The van der Waals surface area contributed by atoms with Crippen molar-refractivity contribution in [3.63, 3.8) is 0 Å². The van der Waals surface area contributed by atoms with Gasteiger partial charge in [0.25, 0.3) is 0 Å². The predicted molar refractivity (Wildman–Crippen MR) is 40.4 cm³/mol. The Hall–Kier alpha value is -1.63. The van der Waals surface area contributed by atoms with Gasteiger partial charge in [-0.15, -0.1) is 0 Å². The first-order valence-corrected chi connectivity index (χ1v) is 3.23. The van der Waals surface area contributed by atoms with E-state index in [4.69, 9.17) is 10.8 Å². The van der Waals surface area contributed by atoms with Crippen LogP contribution in [0.3, 0.4) is 0 Å². The Bertz CT molecular complexity index is 295. The molecule has 0 saturated heterocycles. The van der Waals surface area contributed by atoms with Gasteiger partial charge in [-0.25, -0.2) is 4.68 Å². The molecular formula is C5H8N4O3. The highest BCUT2D eigenvalue weighted by Gasteiger charge is 2.16. The Morgan fingerprint density at radius 2 is 2.50 bits per heavy atom. The average Bonchev–Trinajstić information content (AvgIpc) is 2.34. The molecule has 0 aliphatic carbocycles. The minimum Gasteiger partial charge on any atom is -0.394 e. The zero-order chi connectivity index (χ0) is 9.14. The first kappa shape index (κ1) is 8.47. The number of hydrogen-bond acceptors (Lipinski definition) is 5. The molecule has 0 radical (unpaired) electrons. The van der Waals surface area contributed by atoms with Crippen LogP contribution in [0.4, 0.5) is 11.5 Å². The largest absolute Gasteiger partial charge is 0.394 e. The van der Waals surface area contributed by atoms with Crippen molar-refractivity contribution in [2.45, 2.75) is 6.54 Å². The molecule has 1 aromatic heterocycles. The summed E-state index contributed by atoms with van der Waals surface area (Å²) in [5.74, 6) is -0.0333. The van der Waals surface area contributed by atoms with Crippen molar-refractivity contribution in [2.75, 3.05) is 12.3 Å². The van der Waals surface area contributed by atoms with Crippen LogP contribution >= 0.6 is 0 Å². The zero-order valence-electron chi connectivity index (χ0n) is 6.17. The Balaban J connectivity index is 2.96. The molecule has 12 heavy (non-hydrogen) atoms. The van der Waals surface area contributed by atoms with Gasteiger partial charge in [0.05, 0.1) is 18.1 Å². The lowest BCUT2D eigenvalue weighted by Crippen LogP contribution is -2.08. The highest BCUT2D eigenvalue weighted by Crippen LogP contribution is 2.18. The molecule has 0 amide bonds. The molecule has 0 aliphatic rings. The minimum atomic E-state index is -0.615. The number of anilines is 1. The fourth-order valence-electron chi connectivity index (χ4n) is 0.799. The van der Waals surface area contributed by atoms with Crippen LogP contribution in [0.1, 0.15) is 0 Å². The fraction of sp³-hybridized carbons (Fsp3) is 0.400. The van der Waals surface area contributed by atoms with E-state index in [2.05, 4.69) is 5.10 Å². The third kappa shape index (κ3) is 1.35. The molecule has 0 saturated carbocycles. The van der Waals surface area contributed by atoms with E-state index in [1.54, 1.807) is 0 Å². The maximum atomic E-state index is 10.2. The number of rotatable bonds is 3. The number of nitrogens with zero attached hydrogens (tertiary/aromatic N) is 3. The van der Waals surface area contributed by atoms with Gasteiger partial charge in [-0.1, -0.05) is 0 Å². The lowest BCUT2D eigenvalue weighted by molar-refractivity contribution is -0.384. The number of hydrogen-bond donors (Lipinski definition) is 2. The Kier molecular flexibility index (Phi) is 2.24. The van der Waals surface area contributed by atoms with Crippen molar-refractivity contribution in [3.05, 3.63) is 16.3 Å². The summed E-state index contributed by atoms with van der Waals surface area (Å²) in [6.07, 6.45) is 1.06. The number of aliphatic hydroxyl groups is 1. The lowest BCUT2D eigenvalue weighted by atomic mass is 10.5. The predicted octanol–water partition coefficient (Wildman–Crippen LogP) is -0.634. The lowest BCUT2D eigenvalue weighted by Gasteiger charge is -1.97. The van der Waals surface area contributed by atoms with Crippen molar-refractivity contribution in [3.8, 4) is 0 Å². The van der Waals surface area contributed by atoms with Crippen LogP contribution < -0.4 is 5.73 Å². The van der Waals surface area contributed by atoms with E-state index >= 15 is 0 Å². The third-order valence-corrected chi connectivity index (χ3v) is 1.37. The van der Waals surface area contributed by atoms with Gasteiger partial charge in [0.1, 0.15) is 6.20 Å². The second-order valence-corrected chi connectivity index (χ2v) is 2.12. The summed E-state index contributed by atoms with van der Waals surface area (Å²) in [6, 6.07) is 0. The number of nitrogen functional groups attached to an aromatic ring is 1. The summed E-state index contributed by atoms with van der Waals surface area (Å²) in [5.41, 5.74) is 5.11. The topological polar surface area (TPSA) is 107 Å². The molecule has 7 nitrogen and oxygen atoms in total. The van der Waals surface area contributed by atoms with Crippen LogP contribution in [0.5, 0.6) is 0 Å². The van der Waals surface area contributed by atoms with Gasteiger partial charge in [0.2, 0.25) is 5.82 Å². The summed E-state index contributed by atoms with van der Waals surface area (Å²) in [5, 5.41) is 22.4. The van der Waals surface area contributed by atoms with E-state index in [9.17, 15) is 10.1 Å². The van der Waals surface area contributed by atoms with Crippen LogP contribution in [0, 0.1) is 10.1 Å². The van der Waals surface area contributed by atoms with Crippen LogP contribution in [0.25, 0.3) is 0 Å². The van der Waals surface area contributed by atoms with Crippen molar-refractivity contribution in [1.82, 2.24) is 9.78 Å². The molecule has 0 bridgehead atoms. The standard InChI is InChI=1S/C5H8N4O3/c6-5-4(9(11)12)3-7-8(5)1-2-10/h3,10H,1-2,6H2. The second-order valence-electron chi connectivity index (χ2n) is 2.12. The van der Waals surface area contributed by atoms with Crippen molar-refractivity contribution < 1.29 is 10.0 Å². The highest BCUT2D eigenvalue weighted by molar-refractivity contribution is 5.51. The van der Waals surface area contributed by atoms with E-state index in [1.807, 2.05) is 0 Å². The van der Waals surface area contributed by atoms with Crippen LogP contribution in [0.2, 0.25) is 0 Å². The van der Waals surface area contributed by atoms with E-state index < -0.39 is 4.92 Å². The first-order valence-electron chi connectivity index (χ1n) is 3.23. The fourth-order valence-corrected chi connectivity index (χ4v) is 0.799. The van der Waals surface area contributed by atoms with Gasteiger partial charge in [0.15, 0.2) is 0 Å². The molecule has 0 aromatic carbocycles. The highest BCUT2D eigenvalue weighted by atomic mass is 16.6. The van der Waals surface area contributed by atoms with Crippen LogP contribution in [-0.4, -0.2) is 26.4 Å². The number of nitro groups is 1. The molecule has 1 aromatic rings. The van der Waals surface area contributed by atoms with E-state index in [1.165, 1.54) is 4.68 Å². The summed E-state index contributed by atoms with van der Waals surface area (Å²) in [4.78, 5) is 9.63. The van der Waals surface area contributed by atoms with Gasteiger partial charge < -0.3 is 10.8 Å². The molecule has 7 heteroatoms. The van der Waals surface area contributed by atoms with E-state index in [0.717, 1.165) is 6.20 Å². The average molecular weight is 172 g/mol. The molecule has 0 spiro atoms. The summed E-state index contributed by atoms with van der Waals surface area (Å²) >= 11 is 0. The second kappa shape index (κ2) is 3.18. The first-order chi connectivity index (χ1) is 5.66. The maximum absolute atomic E-state index is 10.2. The van der Waals surface area contributed by atoms with Gasteiger partial charge in [-0.2, -0.15) is 5.10 Å². The van der Waals surface area contributed by atoms with E-state index in [0.29, 0.717) is 0 Å². The smallest absolute Gasteiger partial charge is 0.330 e. The summed E-state index contributed by atoms with van der Waals surface area (Å²) in [7, 11) is 0. The number of aliphatic hydroxyl groups excluding tert-OH is 1. The Morgan fingerprint density at radius 1 is 1.83 bits per heavy atom. The van der Waals surface area contributed by atoms with Crippen LogP contribution in [-0.2, 0) is 6.54 Å². The molecule has 3 N–H and O–H groups in total. The summed E-state index contributed by atoms with van der Waals surface area (Å²) in [6.45, 7) is 0.0166. The normalized spacial score (nSPS) is 10.1. The van der Waals surface area contributed by atoms with Crippen LogP contribution in [0.15, 0.2) is 6.20 Å². The quantitative estimate of drug-likeness (QED) is 0.466. The molecule has 0 atom stereocenters. The molecule has 1 rings (SSSR count). The van der Waals surface area contributed by atoms with Gasteiger partial charge in [-0.05, 0) is 0 Å². The molecule has 0 unspecified atom stereocenters. The monoisotopic (exact) mass is 172 g/mol. The van der Waals surface area contributed by atoms with Crippen molar-refractivity contribution >= 4 is 11.5 Å². The SMILES string of the molecule is Nc1c([N+](=O)[O-])cnn1CCO.